The molecule has 0 amide bonds. The minimum atomic E-state index is -1.74. The first-order valence-electron chi connectivity index (χ1n) is 5.29. The molecule has 0 aliphatic heterocycles. The zero-order valence-electron chi connectivity index (χ0n) is 9.43. The van der Waals surface area contributed by atoms with Crippen molar-refractivity contribution in [1.29, 1.82) is 0 Å². The van der Waals surface area contributed by atoms with Crippen LogP contribution in [-0.2, 0) is 0 Å². The number of nitrogens with zero attached hydrogens (tertiary/aromatic N) is 3. The maximum absolute atomic E-state index is 10.8. The van der Waals surface area contributed by atoms with Gasteiger partial charge in [0.25, 0.3) is 0 Å². The molecule has 1 heterocycles. The summed E-state index contributed by atoms with van der Waals surface area (Å²) in [7, 11) is -1.74. The van der Waals surface area contributed by atoms with Gasteiger partial charge in [-0.15, -0.1) is 0 Å². The Morgan fingerprint density at radius 2 is 1.93 bits per heavy atom. The lowest BCUT2D eigenvalue weighted by molar-refractivity contribution is -0.395. The third kappa shape index (κ3) is 1.94. The van der Waals surface area contributed by atoms with Crippen molar-refractivity contribution in [3.63, 3.8) is 0 Å². The summed E-state index contributed by atoms with van der Waals surface area (Å²) in [6.45, 7) is 6.34. The van der Waals surface area contributed by atoms with Crippen molar-refractivity contribution >= 4 is 14.2 Å². The quantitative estimate of drug-likeness (QED) is 0.441. The zero-order chi connectivity index (χ0) is 11.5. The maximum atomic E-state index is 10.8. The highest BCUT2D eigenvalue weighted by molar-refractivity contribution is 6.78. The summed E-state index contributed by atoms with van der Waals surface area (Å²) in [4.78, 5) is 14.3. The molecule has 0 aromatic carbocycles. The predicted molar refractivity (Wildman–Crippen MR) is 61.5 cm³/mol. The number of nitro groups is 1. The fraction of sp³-hybridized carbons (Fsp3) is 0.667. The molecular formula is C9H17N3O2Si. The van der Waals surface area contributed by atoms with Crippen molar-refractivity contribution in [3.05, 3.63) is 22.5 Å². The lowest BCUT2D eigenvalue weighted by Gasteiger charge is -2.25. The second-order valence-electron chi connectivity index (χ2n) is 3.64. The molecular weight excluding hydrogens is 210 g/mol. The number of hydrogen-bond acceptors (Lipinski definition) is 3. The van der Waals surface area contributed by atoms with Crippen LogP contribution >= 0.6 is 0 Å². The Balaban J connectivity index is 3.22. The van der Waals surface area contributed by atoms with E-state index in [-0.39, 0.29) is 10.9 Å². The van der Waals surface area contributed by atoms with Crippen LogP contribution in [0.5, 0.6) is 0 Å². The Kier molecular flexibility index (Phi) is 3.62. The summed E-state index contributed by atoms with van der Waals surface area (Å²) in [6.07, 6.45) is 3.29. The van der Waals surface area contributed by atoms with Crippen molar-refractivity contribution in [2.24, 2.45) is 0 Å². The van der Waals surface area contributed by atoms with Crippen molar-refractivity contribution in [2.45, 2.75) is 38.9 Å². The van der Waals surface area contributed by atoms with Gasteiger partial charge in [-0.1, -0.05) is 25.8 Å². The van der Waals surface area contributed by atoms with Crippen LogP contribution in [0.3, 0.4) is 0 Å². The Hall–Kier alpha value is -1.17. The van der Waals surface area contributed by atoms with Gasteiger partial charge < -0.3 is 10.1 Å². The fourth-order valence-electron chi connectivity index (χ4n) is 2.06. The first kappa shape index (κ1) is 11.9. The van der Waals surface area contributed by atoms with Crippen LogP contribution in [0.2, 0.25) is 18.1 Å². The topological polar surface area (TPSA) is 61.0 Å². The van der Waals surface area contributed by atoms with Crippen molar-refractivity contribution in [1.82, 2.24) is 9.22 Å². The summed E-state index contributed by atoms with van der Waals surface area (Å²) in [6, 6.07) is 3.03. The fourth-order valence-corrected chi connectivity index (χ4v) is 5.53. The Morgan fingerprint density at radius 3 is 2.33 bits per heavy atom. The van der Waals surface area contributed by atoms with Crippen LogP contribution in [0, 0.1) is 10.1 Å². The summed E-state index contributed by atoms with van der Waals surface area (Å²) in [5, 5.41) is 10.8. The van der Waals surface area contributed by atoms with E-state index in [4.69, 9.17) is 0 Å². The smallest absolute Gasteiger partial charge is 0.390 e. The molecule has 0 saturated carbocycles. The summed E-state index contributed by atoms with van der Waals surface area (Å²) in [5.41, 5.74) is 0. The van der Waals surface area contributed by atoms with Crippen LogP contribution < -0.4 is 0 Å². The van der Waals surface area contributed by atoms with Crippen LogP contribution in [0.1, 0.15) is 20.8 Å². The second kappa shape index (κ2) is 4.56. The maximum Gasteiger partial charge on any atom is 0.422 e. The molecule has 1 aromatic rings. The van der Waals surface area contributed by atoms with E-state index in [9.17, 15) is 10.1 Å². The highest BCUT2D eigenvalue weighted by atomic mass is 28.3. The van der Waals surface area contributed by atoms with Crippen LogP contribution in [0.15, 0.2) is 12.4 Å². The van der Waals surface area contributed by atoms with E-state index in [0.717, 1.165) is 18.1 Å². The van der Waals surface area contributed by atoms with Crippen molar-refractivity contribution in [3.8, 4) is 0 Å². The lowest BCUT2D eigenvalue weighted by atomic mass is 10.9. The first-order chi connectivity index (χ1) is 7.11. The van der Waals surface area contributed by atoms with Gasteiger partial charge in [-0.2, -0.15) is 0 Å². The monoisotopic (exact) mass is 227 g/mol. The number of rotatable bonds is 5. The summed E-state index contributed by atoms with van der Waals surface area (Å²) in [5.74, 6) is 0.00668. The molecule has 0 radical (unpaired) electrons. The van der Waals surface area contributed by atoms with Crippen molar-refractivity contribution < 1.29 is 4.92 Å². The van der Waals surface area contributed by atoms with E-state index in [1.54, 1.807) is 6.20 Å². The molecule has 0 spiro atoms. The Morgan fingerprint density at radius 1 is 1.40 bits per heavy atom. The molecule has 0 bridgehead atoms. The second-order valence-corrected chi connectivity index (χ2v) is 8.69. The zero-order valence-corrected chi connectivity index (χ0v) is 10.4. The van der Waals surface area contributed by atoms with E-state index in [1.807, 2.05) is 4.23 Å². The molecule has 0 saturated heterocycles. The summed E-state index contributed by atoms with van der Waals surface area (Å²) < 4.78 is 1.84. The molecule has 0 fully saturated rings. The average Bonchev–Trinajstić information content (AvgIpc) is 2.71. The molecule has 84 valence electrons. The molecule has 15 heavy (non-hydrogen) atoms. The predicted octanol–water partition coefficient (Wildman–Crippen LogP) is 2.64. The minimum absolute atomic E-state index is 0.00668. The van der Waals surface area contributed by atoms with E-state index in [0.29, 0.717) is 0 Å². The number of aromatic nitrogens is 2. The minimum Gasteiger partial charge on any atom is -0.390 e. The molecule has 5 nitrogen and oxygen atoms in total. The van der Waals surface area contributed by atoms with E-state index < -0.39 is 8.24 Å². The molecule has 1 aromatic heterocycles. The van der Waals surface area contributed by atoms with Gasteiger partial charge >= 0.3 is 5.95 Å². The van der Waals surface area contributed by atoms with E-state index in [1.165, 1.54) is 6.20 Å². The van der Waals surface area contributed by atoms with Gasteiger partial charge in [-0.3, -0.25) is 4.23 Å². The van der Waals surface area contributed by atoms with E-state index in [2.05, 4.69) is 25.8 Å². The molecule has 0 N–H and O–H groups in total. The summed E-state index contributed by atoms with van der Waals surface area (Å²) >= 11 is 0. The molecule has 0 atom stereocenters. The third-order valence-electron chi connectivity index (χ3n) is 3.27. The van der Waals surface area contributed by atoms with Crippen LogP contribution in [-0.4, -0.2) is 22.4 Å². The molecule has 1 rings (SSSR count). The highest BCUT2D eigenvalue weighted by Crippen LogP contribution is 2.26. The molecule has 6 heteroatoms. The largest absolute Gasteiger partial charge is 0.422 e. The van der Waals surface area contributed by atoms with Gasteiger partial charge in [0.15, 0.2) is 0 Å². The molecule has 0 aliphatic rings. The number of hydrogen-bond donors (Lipinski definition) is 0. The van der Waals surface area contributed by atoms with Gasteiger partial charge in [-0.25, -0.2) is 0 Å². The molecule has 0 unspecified atom stereocenters. The van der Waals surface area contributed by atoms with E-state index >= 15 is 0 Å². The number of imidazole rings is 1. The Bertz CT molecular complexity index is 339. The SMILES string of the molecule is CC[Si](CC)(CC)n1ccnc1[N+](=O)[O-]. The molecule has 0 aliphatic carbocycles. The van der Waals surface area contributed by atoms with Gasteiger partial charge in [0.2, 0.25) is 8.24 Å². The lowest BCUT2D eigenvalue weighted by Crippen LogP contribution is -2.41. The van der Waals surface area contributed by atoms with Gasteiger partial charge in [-0.05, 0) is 23.1 Å². The van der Waals surface area contributed by atoms with Crippen molar-refractivity contribution in [2.75, 3.05) is 0 Å². The van der Waals surface area contributed by atoms with Gasteiger partial charge in [0.1, 0.15) is 6.20 Å². The standard InChI is InChI=1S/C9H17N3O2Si/c1-4-15(5-2,6-3)11-8-7-10-9(11)12(13)14/h7-8H,4-6H2,1-3H3. The normalized spacial score (nSPS) is 11.7. The van der Waals surface area contributed by atoms with Crippen LogP contribution in [0.4, 0.5) is 5.95 Å². The first-order valence-corrected chi connectivity index (χ1v) is 7.86. The Labute approximate surface area is 90.4 Å². The van der Waals surface area contributed by atoms with Gasteiger partial charge in [0.05, 0.1) is 6.20 Å². The highest BCUT2D eigenvalue weighted by Gasteiger charge is 2.37. The van der Waals surface area contributed by atoms with Crippen LogP contribution in [0.25, 0.3) is 0 Å². The van der Waals surface area contributed by atoms with Gasteiger partial charge in [0, 0.05) is 0 Å². The average molecular weight is 227 g/mol. The third-order valence-corrected chi connectivity index (χ3v) is 8.59.